The van der Waals surface area contributed by atoms with Gasteiger partial charge >= 0.3 is 0 Å². The highest BCUT2D eigenvalue weighted by Gasteiger charge is 2.13. The molecule has 0 N–H and O–H groups in total. The van der Waals surface area contributed by atoms with Crippen molar-refractivity contribution in [1.82, 2.24) is 0 Å². The number of hydrogen-bond donors (Lipinski definition) is 0. The predicted molar refractivity (Wildman–Crippen MR) is 80.4 cm³/mol. The van der Waals surface area contributed by atoms with Crippen LogP contribution in [-0.2, 0) is 0 Å². The third-order valence-corrected chi connectivity index (χ3v) is 3.38. The summed E-state index contributed by atoms with van der Waals surface area (Å²) in [5, 5.41) is 1.87. The van der Waals surface area contributed by atoms with Gasteiger partial charge in [0.25, 0.3) is 0 Å². The molecule has 0 amide bonds. The first kappa shape index (κ1) is 12.4. The quantitative estimate of drug-likeness (QED) is 0.665. The highest BCUT2D eigenvalue weighted by Crippen LogP contribution is 2.28. The molecule has 0 saturated carbocycles. The molecular weight excluding hydrogens is 248 g/mol. The Morgan fingerprint density at radius 3 is 2.25 bits per heavy atom. The van der Waals surface area contributed by atoms with Crippen LogP contribution >= 0.6 is 0 Å². The number of ether oxygens (including phenoxy) is 1. The van der Waals surface area contributed by atoms with E-state index in [1.54, 1.807) is 7.11 Å². The third kappa shape index (κ3) is 2.05. The van der Waals surface area contributed by atoms with Gasteiger partial charge in [0, 0.05) is 16.5 Å². The van der Waals surface area contributed by atoms with Gasteiger partial charge in [0.15, 0.2) is 5.78 Å². The fourth-order valence-corrected chi connectivity index (χ4v) is 2.40. The van der Waals surface area contributed by atoms with Gasteiger partial charge in [0.1, 0.15) is 5.75 Å². The summed E-state index contributed by atoms with van der Waals surface area (Å²) in [7, 11) is 1.64. The Hall–Kier alpha value is -2.61. The molecule has 3 aromatic carbocycles. The molecule has 0 aliphatic rings. The maximum absolute atomic E-state index is 12.6. The zero-order valence-corrected chi connectivity index (χ0v) is 11.2. The summed E-state index contributed by atoms with van der Waals surface area (Å²) in [5.74, 6) is 0.815. The Kier molecular flexibility index (Phi) is 3.21. The summed E-state index contributed by atoms with van der Waals surface area (Å²) >= 11 is 0. The van der Waals surface area contributed by atoms with Gasteiger partial charge in [-0.15, -0.1) is 0 Å². The third-order valence-electron chi connectivity index (χ3n) is 3.38. The molecule has 3 aromatic rings. The van der Waals surface area contributed by atoms with Gasteiger partial charge in [-0.1, -0.05) is 60.7 Å². The van der Waals surface area contributed by atoms with Gasteiger partial charge in [0.05, 0.1) is 7.11 Å². The number of ketones is 1. The number of rotatable bonds is 3. The van der Waals surface area contributed by atoms with Crippen LogP contribution in [0.4, 0.5) is 0 Å². The predicted octanol–water partition coefficient (Wildman–Crippen LogP) is 4.08. The first-order chi connectivity index (χ1) is 9.81. The van der Waals surface area contributed by atoms with Crippen molar-refractivity contribution in [2.75, 3.05) is 7.11 Å². The zero-order chi connectivity index (χ0) is 13.9. The molecule has 0 aliphatic heterocycles. The first-order valence-corrected chi connectivity index (χ1v) is 6.47. The number of hydrogen-bond acceptors (Lipinski definition) is 2. The molecule has 0 aliphatic carbocycles. The monoisotopic (exact) mass is 262 g/mol. The van der Waals surface area contributed by atoms with Crippen LogP contribution in [0.3, 0.4) is 0 Å². The van der Waals surface area contributed by atoms with E-state index >= 15 is 0 Å². The van der Waals surface area contributed by atoms with Crippen molar-refractivity contribution in [2.45, 2.75) is 0 Å². The molecular formula is C18H14O2. The highest BCUT2D eigenvalue weighted by atomic mass is 16.5. The molecule has 0 unspecified atom stereocenters. The van der Waals surface area contributed by atoms with Crippen molar-refractivity contribution in [3.05, 3.63) is 77.9 Å². The lowest BCUT2D eigenvalue weighted by atomic mass is 9.97. The van der Waals surface area contributed by atoms with Gasteiger partial charge < -0.3 is 4.74 Å². The molecule has 0 fully saturated rings. The Morgan fingerprint density at radius 1 is 0.800 bits per heavy atom. The fourth-order valence-electron chi connectivity index (χ4n) is 2.40. The maximum atomic E-state index is 12.6. The Morgan fingerprint density at radius 2 is 1.50 bits per heavy atom. The summed E-state index contributed by atoms with van der Waals surface area (Å²) in [5.41, 5.74) is 1.40. The largest absolute Gasteiger partial charge is 0.496 e. The average molecular weight is 262 g/mol. The minimum absolute atomic E-state index is 0.0319. The van der Waals surface area contributed by atoms with Crippen molar-refractivity contribution in [1.29, 1.82) is 0 Å². The van der Waals surface area contributed by atoms with Gasteiger partial charge in [0.2, 0.25) is 0 Å². The molecule has 3 rings (SSSR count). The van der Waals surface area contributed by atoms with Crippen LogP contribution in [-0.4, -0.2) is 12.9 Å². The van der Waals surface area contributed by atoms with Crippen molar-refractivity contribution >= 4 is 16.6 Å². The van der Waals surface area contributed by atoms with Crippen molar-refractivity contribution in [3.63, 3.8) is 0 Å². The van der Waals surface area contributed by atoms with Crippen LogP contribution in [0.2, 0.25) is 0 Å². The number of methoxy groups -OCH3 is 1. The van der Waals surface area contributed by atoms with E-state index < -0.39 is 0 Å². The smallest absolute Gasteiger partial charge is 0.193 e. The molecule has 0 heterocycles. The van der Waals surface area contributed by atoms with E-state index in [2.05, 4.69) is 0 Å². The molecule has 98 valence electrons. The van der Waals surface area contributed by atoms with Gasteiger partial charge in [-0.25, -0.2) is 0 Å². The molecule has 0 atom stereocenters. The molecule has 0 saturated heterocycles. The van der Waals surface area contributed by atoms with Crippen LogP contribution in [0.5, 0.6) is 5.75 Å². The van der Waals surface area contributed by atoms with Crippen LogP contribution < -0.4 is 4.74 Å². The van der Waals surface area contributed by atoms with Crippen molar-refractivity contribution in [3.8, 4) is 5.75 Å². The molecule has 0 spiro atoms. The lowest BCUT2D eigenvalue weighted by Gasteiger charge is -2.09. The average Bonchev–Trinajstić information content (AvgIpc) is 2.54. The van der Waals surface area contributed by atoms with Gasteiger partial charge in [-0.3, -0.25) is 4.79 Å². The zero-order valence-electron chi connectivity index (χ0n) is 11.2. The summed E-state index contributed by atoms with van der Waals surface area (Å²) in [6, 6.07) is 20.8. The topological polar surface area (TPSA) is 26.3 Å². The minimum atomic E-state index is 0.0319. The van der Waals surface area contributed by atoms with Crippen LogP contribution in [0.25, 0.3) is 10.8 Å². The number of fused-ring (bicyclic) bond motifs is 1. The summed E-state index contributed by atoms with van der Waals surface area (Å²) in [4.78, 5) is 12.6. The Labute approximate surface area is 117 Å². The number of benzene rings is 3. The molecule has 2 heteroatoms. The van der Waals surface area contributed by atoms with E-state index in [9.17, 15) is 4.79 Å². The highest BCUT2D eigenvalue weighted by molar-refractivity contribution is 6.17. The fraction of sp³-hybridized carbons (Fsp3) is 0.0556. The van der Waals surface area contributed by atoms with E-state index in [4.69, 9.17) is 4.74 Å². The maximum Gasteiger partial charge on any atom is 0.193 e. The molecule has 0 radical (unpaired) electrons. The first-order valence-electron chi connectivity index (χ1n) is 6.47. The van der Waals surface area contributed by atoms with E-state index in [-0.39, 0.29) is 5.78 Å². The van der Waals surface area contributed by atoms with Crippen LogP contribution in [0, 0.1) is 0 Å². The SMILES string of the molecule is COc1cccc2c(C(=O)c3ccccc3)cccc12. The van der Waals surface area contributed by atoms with Crippen LogP contribution in [0.15, 0.2) is 66.7 Å². The molecule has 0 aromatic heterocycles. The van der Waals surface area contributed by atoms with E-state index in [0.29, 0.717) is 11.1 Å². The number of carbonyl (C=O) groups excluding carboxylic acids is 1. The summed E-state index contributed by atoms with van der Waals surface area (Å²) in [6.07, 6.45) is 0. The summed E-state index contributed by atoms with van der Waals surface area (Å²) < 4.78 is 5.36. The standard InChI is InChI=1S/C18H14O2/c1-20-17-12-6-9-14-15(17)10-5-11-16(14)18(19)13-7-3-2-4-8-13/h2-12H,1H3. The number of carbonyl (C=O) groups is 1. The van der Waals surface area contributed by atoms with Crippen molar-refractivity contribution < 1.29 is 9.53 Å². The second kappa shape index (κ2) is 5.17. The van der Waals surface area contributed by atoms with Gasteiger partial charge in [-0.05, 0) is 11.5 Å². The lowest BCUT2D eigenvalue weighted by Crippen LogP contribution is -2.02. The molecule has 0 bridgehead atoms. The normalized spacial score (nSPS) is 10.4. The summed E-state index contributed by atoms with van der Waals surface area (Å²) in [6.45, 7) is 0. The minimum Gasteiger partial charge on any atom is -0.496 e. The van der Waals surface area contributed by atoms with E-state index in [1.807, 2.05) is 66.7 Å². The van der Waals surface area contributed by atoms with E-state index in [0.717, 1.165) is 16.5 Å². The lowest BCUT2D eigenvalue weighted by molar-refractivity contribution is 0.104. The van der Waals surface area contributed by atoms with E-state index in [1.165, 1.54) is 0 Å². The van der Waals surface area contributed by atoms with Gasteiger partial charge in [-0.2, -0.15) is 0 Å². The molecule has 2 nitrogen and oxygen atoms in total. The second-order valence-electron chi connectivity index (χ2n) is 4.56. The molecule has 20 heavy (non-hydrogen) atoms. The Balaban J connectivity index is 2.20. The second-order valence-corrected chi connectivity index (χ2v) is 4.56. The van der Waals surface area contributed by atoms with Crippen molar-refractivity contribution in [2.24, 2.45) is 0 Å². The van der Waals surface area contributed by atoms with Crippen LogP contribution in [0.1, 0.15) is 15.9 Å². The Bertz CT molecular complexity index is 761.